The van der Waals surface area contributed by atoms with E-state index in [1.165, 1.54) is 6.07 Å². The van der Waals surface area contributed by atoms with Crippen LogP contribution in [-0.2, 0) is 16.2 Å². The lowest BCUT2D eigenvalue weighted by Gasteiger charge is -2.12. The van der Waals surface area contributed by atoms with Crippen molar-refractivity contribution in [2.75, 3.05) is 10.5 Å². The highest BCUT2D eigenvalue weighted by Gasteiger charge is 2.32. The Kier molecular flexibility index (Phi) is 3.83. The van der Waals surface area contributed by atoms with Crippen LogP contribution in [-0.4, -0.2) is 14.2 Å². The van der Waals surface area contributed by atoms with Crippen molar-refractivity contribution < 1.29 is 21.6 Å². The molecule has 0 spiro atoms. The Labute approximate surface area is 117 Å². The summed E-state index contributed by atoms with van der Waals surface area (Å²) in [4.78, 5) is 0. The van der Waals surface area contributed by atoms with E-state index in [1.54, 1.807) is 0 Å². The monoisotopic (exact) mass is 357 g/mol. The smallest absolute Gasteiger partial charge is 0.282 e. The van der Waals surface area contributed by atoms with Crippen LogP contribution in [0.3, 0.4) is 0 Å². The average molecular weight is 358 g/mol. The third-order valence-electron chi connectivity index (χ3n) is 2.71. The molecule has 1 saturated carbocycles. The molecule has 0 unspecified atom stereocenters. The quantitative estimate of drug-likeness (QED) is 0.894. The molecule has 0 amide bonds. The zero-order valence-electron chi connectivity index (χ0n) is 9.67. The van der Waals surface area contributed by atoms with E-state index in [0.717, 1.165) is 25.0 Å². The molecule has 106 valence electrons. The first-order valence-corrected chi connectivity index (χ1v) is 7.99. The van der Waals surface area contributed by atoms with Crippen molar-refractivity contribution in [3.05, 3.63) is 28.2 Å². The zero-order chi connectivity index (χ0) is 14.3. The molecule has 0 heterocycles. The molecular formula is C11H11BrF3NO2S. The van der Waals surface area contributed by atoms with Gasteiger partial charge in [-0.15, -0.1) is 0 Å². The van der Waals surface area contributed by atoms with E-state index in [0.29, 0.717) is 0 Å². The molecular weight excluding hydrogens is 347 g/mol. The number of anilines is 1. The molecule has 0 aliphatic heterocycles. The molecule has 0 aromatic heterocycles. The van der Waals surface area contributed by atoms with Crippen LogP contribution >= 0.6 is 15.9 Å². The minimum absolute atomic E-state index is 0.0459. The highest BCUT2D eigenvalue weighted by atomic mass is 79.9. The van der Waals surface area contributed by atoms with Gasteiger partial charge in [-0.05, 0) is 52.9 Å². The molecule has 0 saturated heterocycles. The molecule has 1 aliphatic carbocycles. The van der Waals surface area contributed by atoms with Crippen molar-refractivity contribution in [1.29, 1.82) is 0 Å². The molecule has 0 bridgehead atoms. The summed E-state index contributed by atoms with van der Waals surface area (Å²) in [5.41, 5.74) is -0.977. The lowest BCUT2D eigenvalue weighted by atomic mass is 10.2. The van der Waals surface area contributed by atoms with Gasteiger partial charge in [0.2, 0.25) is 10.0 Å². The normalized spacial score (nSPS) is 16.4. The fourth-order valence-corrected chi connectivity index (χ4v) is 3.60. The van der Waals surface area contributed by atoms with Crippen molar-refractivity contribution >= 4 is 31.6 Å². The maximum atomic E-state index is 12.6. The standard InChI is InChI=1S/C11H11BrF3NO2S/c12-9-4-3-8(11(13,14)15)5-10(9)16-19(17,18)6-7-1-2-7/h3-5,7,16H,1-2,6H2. The highest BCUT2D eigenvalue weighted by molar-refractivity contribution is 9.10. The van der Waals surface area contributed by atoms with Crippen LogP contribution in [0.1, 0.15) is 18.4 Å². The van der Waals surface area contributed by atoms with Crippen LogP contribution < -0.4 is 4.72 Å². The van der Waals surface area contributed by atoms with Crippen molar-refractivity contribution in [3.63, 3.8) is 0 Å². The molecule has 0 radical (unpaired) electrons. The van der Waals surface area contributed by atoms with E-state index < -0.39 is 21.8 Å². The lowest BCUT2D eigenvalue weighted by molar-refractivity contribution is -0.137. The molecule has 3 nitrogen and oxygen atoms in total. The number of hydrogen-bond acceptors (Lipinski definition) is 2. The number of halogens is 4. The van der Waals surface area contributed by atoms with E-state index in [4.69, 9.17) is 0 Å². The van der Waals surface area contributed by atoms with Crippen LogP contribution in [0.2, 0.25) is 0 Å². The van der Waals surface area contributed by atoms with Crippen LogP contribution in [0.5, 0.6) is 0 Å². The first-order chi connectivity index (χ1) is 8.67. The summed E-state index contributed by atoms with van der Waals surface area (Å²) < 4.78 is 63.7. The van der Waals surface area contributed by atoms with Gasteiger partial charge in [-0.25, -0.2) is 8.42 Å². The molecule has 19 heavy (non-hydrogen) atoms. The van der Waals surface area contributed by atoms with Gasteiger partial charge in [0.15, 0.2) is 0 Å². The predicted octanol–water partition coefficient (Wildman–Crippen LogP) is 3.62. The number of alkyl halides is 3. The van der Waals surface area contributed by atoms with E-state index in [-0.39, 0.29) is 21.8 Å². The van der Waals surface area contributed by atoms with Gasteiger partial charge in [-0.1, -0.05) is 0 Å². The summed E-state index contributed by atoms with van der Waals surface area (Å²) in [7, 11) is -3.60. The molecule has 1 aromatic carbocycles. The first kappa shape index (κ1) is 14.6. The topological polar surface area (TPSA) is 46.2 Å². The SMILES string of the molecule is O=S(=O)(CC1CC1)Nc1cc(C(F)(F)F)ccc1Br. The van der Waals surface area contributed by atoms with Crippen LogP contribution in [0, 0.1) is 5.92 Å². The Hall–Kier alpha value is -0.760. The molecule has 1 N–H and O–H groups in total. The molecule has 8 heteroatoms. The maximum Gasteiger partial charge on any atom is 0.416 e. The van der Waals surface area contributed by atoms with E-state index >= 15 is 0 Å². The van der Waals surface area contributed by atoms with Gasteiger partial charge in [-0.2, -0.15) is 13.2 Å². The highest BCUT2D eigenvalue weighted by Crippen LogP contribution is 2.35. The minimum atomic E-state index is -4.50. The summed E-state index contributed by atoms with van der Waals surface area (Å²) in [5, 5.41) is 0. The second kappa shape index (κ2) is 4.97. The number of sulfonamides is 1. The zero-order valence-corrected chi connectivity index (χ0v) is 12.1. The van der Waals surface area contributed by atoms with Gasteiger partial charge in [-0.3, -0.25) is 4.72 Å². The lowest BCUT2D eigenvalue weighted by Crippen LogP contribution is -2.18. The second-order valence-corrected chi connectivity index (χ2v) is 7.14. The van der Waals surface area contributed by atoms with Gasteiger partial charge in [0.25, 0.3) is 0 Å². The third kappa shape index (κ3) is 4.10. The number of nitrogens with one attached hydrogen (secondary N) is 1. The van der Waals surface area contributed by atoms with Crippen molar-refractivity contribution in [2.24, 2.45) is 5.92 Å². The van der Waals surface area contributed by atoms with Crippen LogP contribution in [0.4, 0.5) is 18.9 Å². The summed E-state index contributed by atoms with van der Waals surface area (Å²) >= 11 is 3.04. The van der Waals surface area contributed by atoms with Crippen molar-refractivity contribution in [2.45, 2.75) is 19.0 Å². The van der Waals surface area contributed by atoms with Crippen LogP contribution in [0.25, 0.3) is 0 Å². The van der Waals surface area contributed by atoms with Gasteiger partial charge < -0.3 is 0 Å². The predicted molar refractivity (Wildman–Crippen MR) is 69.3 cm³/mol. The fourth-order valence-electron chi connectivity index (χ4n) is 1.58. The van der Waals surface area contributed by atoms with E-state index in [1.807, 2.05) is 0 Å². The van der Waals surface area contributed by atoms with E-state index in [2.05, 4.69) is 20.7 Å². The van der Waals surface area contributed by atoms with Gasteiger partial charge >= 0.3 is 6.18 Å². The number of hydrogen-bond donors (Lipinski definition) is 1. The maximum absolute atomic E-state index is 12.6. The summed E-state index contributed by atoms with van der Waals surface area (Å²) in [6.07, 6.45) is -2.80. The summed E-state index contributed by atoms with van der Waals surface area (Å²) in [5.74, 6) is 0.0810. The second-order valence-electron chi connectivity index (χ2n) is 4.52. The molecule has 1 aromatic rings. The molecule has 0 atom stereocenters. The summed E-state index contributed by atoms with van der Waals surface area (Å²) in [6, 6.07) is 2.86. The van der Waals surface area contributed by atoms with Gasteiger partial charge in [0.1, 0.15) is 0 Å². The van der Waals surface area contributed by atoms with Crippen LogP contribution in [0.15, 0.2) is 22.7 Å². The Bertz CT molecular complexity index is 582. The largest absolute Gasteiger partial charge is 0.416 e. The van der Waals surface area contributed by atoms with Crippen molar-refractivity contribution in [3.8, 4) is 0 Å². The van der Waals surface area contributed by atoms with E-state index in [9.17, 15) is 21.6 Å². The Morgan fingerprint density at radius 1 is 1.32 bits per heavy atom. The summed E-state index contributed by atoms with van der Waals surface area (Å²) in [6.45, 7) is 0. The molecule has 2 rings (SSSR count). The number of rotatable bonds is 4. The third-order valence-corrected chi connectivity index (χ3v) is 4.84. The molecule has 1 aliphatic rings. The Balaban J connectivity index is 2.23. The van der Waals surface area contributed by atoms with Gasteiger partial charge in [0.05, 0.1) is 17.0 Å². The van der Waals surface area contributed by atoms with Crippen molar-refractivity contribution in [1.82, 2.24) is 0 Å². The number of benzene rings is 1. The molecule has 1 fully saturated rings. The van der Waals surface area contributed by atoms with Gasteiger partial charge in [0, 0.05) is 4.47 Å². The Morgan fingerprint density at radius 2 is 1.95 bits per heavy atom. The fraction of sp³-hybridized carbons (Fsp3) is 0.455. The average Bonchev–Trinajstić information content (AvgIpc) is 3.02. The Morgan fingerprint density at radius 3 is 2.47 bits per heavy atom. The first-order valence-electron chi connectivity index (χ1n) is 5.54. The minimum Gasteiger partial charge on any atom is -0.282 e.